The Morgan fingerprint density at radius 2 is 2.29 bits per heavy atom. The van der Waals surface area contributed by atoms with Crippen LogP contribution >= 0.6 is 0 Å². The van der Waals surface area contributed by atoms with E-state index in [0.717, 1.165) is 6.42 Å². The zero-order chi connectivity index (χ0) is 13.0. The van der Waals surface area contributed by atoms with Crippen molar-refractivity contribution in [3.05, 3.63) is 28.1 Å². The molecule has 0 amide bonds. The third-order valence-electron chi connectivity index (χ3n) is 2.69. The van der Waals surface area contributed by atoms with Gasteiger partial charge in [0.15, 0.2) is 0 Å². The third kappa shape index (κ3) is 3.05. The summed E-state index contributed by atoms with van der Waals surface area (Å²) in [6, 6.07) is 1.24. The number of esters is 1. The first-order valence-electron chi connectivity index (χ1n) is 5.42. The first kappa shape index (κ1) is 13.2. The first-order chi connectivity index (χ1) is 7.99. The summed E-state index contributed by atoms with van der Waals surface area (Å²) < 4.78 is 6.18. The average Bonchev–Trinajstić information content (AvgIpc) is 2.72. The van der Waals surface area contributed by atoms with Gasteiger partial charge in [0.05, 0.1) is 18.2 Å². The molecule has 0 saturated heterocycles. The van der Waals surface area contributed by atoms with Crippen LogP contribution in [-0.2, 0) is 11.3 Å². The van der Waals surface area contributed by atoms with Crippen molar-refractivity contribution < 1.29 is 14.5 Å². The number of nitrogens with zero attached hydrogens (tertiary/aromatic N) is 2. The largest absolute Gasteiger partial charge is 0.464 e. The van der Waals surface area contributed by atoms with Crippen LogP contribution in [0.3, 0.4) is 0 Å². The normalized spacial score (nSPS) is 12.2. The Hall–Kier alpha value is -1.85. The second kappa shape index (κ2) is 5.47. The van der Waals surface area contributed by atoms with Gasteiger partial charge in [-0.25, -0.2) is 4.79 Å². The van der Waals surface area contributed by atoms with E-state index >= 15 is 0 Å². The summed E-state index contributed by atoms with van der Waals surface area (Å²) in [6.07, 6.45) is 2.31. The van der Waals surface area contributed by atoms with Gasteiger partial charge in [-0.1, -0.05) is 20.3 Å². The molecule has 0 aromatic carbocycles. The van der Waals surface area contributed by atoms with Crippen LogP contribution < -0.4 is 0 Å². The third-order valence-corrected chi connectivity index (χ3v) is 2.69. The molecule has 0 aliphatic rings. The van der Waals surface area contributed by atoms with Gasteiger partial charge in [-0.15, -0.1) is 0 Å². The van der Waals surface area contributed by atoms with Crippen molar-refractivity contribution in [1.29, 1.82) is 0 Å². The molecule has 94 valence electrons. The Morgan fingerprint density at radius 3 is 2.76 bits per heavy atom. The van der Waals surface area contributed by atoms with Crippen molar-refractivity contribution >= 4 is 11.7 Å². The smallest absolute Gasteiger partial charge is 0.354 e. The van der Waals surface area contributed by atoms with Crippen molar-refractivity contribution in [3.63, 3.8) is 0 Å². The number of methoxy groups -OCH3 is 1. The molecule has 6 nitrogen and oxygen atoms in total. The van der Waals surface area contributed by atoms with Crippen molar-refractivity contribution in [2.24, 2.45) is 5.92 Å². The van der Waals surface area contributed by atoms with E-state index < -0.39 is 10.9 Å². The van der Waals surface area contributed by atoms with Crippen molar-refractivity contribution in [1.82, 2.24) is 4.57 Å². The maximum atomic E-state index is 11.5. The van der Waals surface area contributed by atoms with Gasteiger partial charge in [0.25, 0.3) is 5.69 Å². The van der Waals surface area contributed by atoms with Crippen LogP contribution in [-0.4, -0.2) is 22.6 Å². The van der Waals surface area contributed by atoms with E-state index in [1.807, 2.05) is 13.8 Å². The van der Waals surface area contributed by atoms with Crippen LogP contribution in [0.4, 0.5) is 5.69 Å². The maximum absolute atomic E-state index is 11.5. The summed E-state index contributed by atoms with van der Waals surface area (Å²) in [5, 5.41) is 10.7. The van der Waals surface area contributed by atoms with Gasteiger partial charge in [0.2, 0.25) is 0 Å². The van der Waals surface area contributed by atoms with Gasteiger partial charge in [0.1, 0.15) is 5.69 Å². The predicted molar refractivity (Wildman–Crippen MR) is 61.9 cm³/mol. The first-order valence-corrected chi connectivity index (χ1v) is 5.42. The molecule has 1 aromatic rings. The highest BCUT2D eigenvalue weighted by atomic mass is 16.6. The Kier molecular flexibility index (Phi) is 4.25. The highest BCUT2D eigenvalue weighted by molar-refractivity contribution is 5.88. The summed E-state index contributed by atoms with van der Waals surface area (Å²) >= 11 is 0. The molecule has 0 spiro atoms. The van der Waals surface area contributed by atoms with Gasteiger partial charge < -0.3 is 9.30 Å². The number of nitro groups is 1. The van der Waals surface area contributed by atoms with E-state index in [1.165, 1.54) is 19.4 Å². The van der Waals surface area contributed by atoms with Crippen LogP contribution in [0.15, 0.2) is 12.3 Å². The topological polar surface area (TPSA) is 74.4 Å². The van der Waals surface area contributed by atoms with E-state index in [4.69, 9.17) is 0 Å². The number of aromatic nitrogens is 1. The molecule has 0 aliphatic carbocycles. The van der Waals surface area contributed by atoms with Crippen LogP contribution in [0.5, 0.6) is 0 Å². The van der Waals surface area contributed by atoms with Gasteiger partial charge in [-0.3, -0.25) is 10.1 Å². The lowest BCUT2D eigenvalue weighted by Crippen LogP contribution is -2.13. The monoisotopic (exact) mass is 240 g/mol. The van der Waals surface area contributed by atoms with Gasteiger partial charge in [-0.2, -0.15) is 0 Å². The molecule has 1 rings (SSSR count). The fourth-order valence-corrected chi connectivity index (χ4v) is 1.49. The second-order valence-corrected chi connectivity index (χ2v) is 4.00. The highest BCUT2D eigenvalue weighted by Gasteiger charge is 2.20. The van der Waals surface area contributed by atoms with Gasteiger partial charge in [-0.05, 0) is 5.92 Å². The average molecular weight is 240 g/mol. The summed E-state index contributed by atoms with van der Waals surface area (Å²) in [5.74, 6) is -0.216. The van der Waals surface area contributed by atoms with Crippen molar-refractivity contribution in [3.8, 4) is 0 Å². The number of hydrogen-bond donors (Lipinski definition) is 0. The quantitative estimate of drug-likeness (QED) is 0.449. The molecule has 0 bridgehead atoms. The summed E-state index contributed by atoms with van der Waals surface area (Å²) in [4.78, 5) is 21.6. The molecule has 1 aromatic heterocycles. The van der Waals surface area contributed by atoms with E-state index in [-0.39, 0.29) is 11.4 Å². The number of carbonyl (C=O) groups excluding carboxylic acids is 1. The standard InChI is InChI=1S/C11H16N2O4/c1-4-8(2)6-12-7-9(13(15)16)5-10(12)11(14)17-3/h5,7-8H,4,6H2,1-3H3. The summed E-state index contributed by atoms with van der Waals surface area (Å²) in [6.45, 7) is 4.61. The molecule has 1 unspecified atom stereocenters. The molecule has 1 atom stereocenters. The van der Waals surface area contributed by atoms with Crippen molar-refractivity contribution in [2.45, 2.75) is 26.8 Å². The van der Waals surface area contributed by atoms with Crippen LogP contribution in [0.1, 0.15) is 30.8 Å². The zero-order valence-electron chi connectivity index (χ0n) is 10.2. The fourth-order valence-electron chi connectivity index (χ4n) is 1.49. The molecule has 6 heteroatoms. The van der Waals surface area contributed by atoms with E-state index in [0.29, 0.717) is 12.5 Å². The minimum absolute atomic E-state index is 0.0892. The molecule has 0 saturated carbocycles. The van der Waals surface area contributed by atoms with Gasteiger partial charge >= 0.3 is 5.97 Å². The number of ether oxygens (including phenoxy) is 1. The minimum Gasteiger partial charge on any atom is -0.464 e. The Balaban J connectivity index is 3.07. The number of hydrogen-bond acceptors (Lipinski definition) is 4. The SMILES string of the molecule is CCC(C)Cn1cc([N+](=O)[O-])cc1C(=O)OC. The van der Waals surface area contributed by atoms with E-state index in [2.05, 4.69) is 4.74 Å². The molecule has 0 aliphatic heterocycles. The van der Waals surface area contributed by atoms with Crippen molar-refractivity contribution in [2.75, 3.05) is 7.11 Å². The van der Waals surface area contributed by atoms with E-state index in [1.54, 1.807) is 4.57 Å². The zero-order valence-corrected chi connectivity index (χ0v) is 10.2. The molecular weight excluding hydrogens is 224 g/mol. The number of carbonyl (C=O) groups is 1. The van der Waals surface area contributed by atoms with Crippen LogP contribution in [0.2, 0.25) is 0 Å². The lowest BCUT2D eigenvalue weighted by molar-refractivity contribution is -0.384. The van der Waals surface area contributed by atoms with Gasteiger partial charge in [0, 0.05) is 12.6 Å². The Bertz CT molecular complexity index is 425. The molecule has 1 heterocycles. The second-order valence-electron chi connectivity index (χ2n) is 4.00. The molecular formula is C11H16N2O4. The molecule has 0 radical (unpaired) electrons. The van der Waals surface area contributed by atoms with E-state index in [9.17, 15) is 14.9 Å². The predicted octanol–water partition coefficient (Wildman–Crippen LogP) is 2.23. The lowest BCUT2D eigenvalue weighted by atomic mass is 10.1. The Morgan fingerprint density at radius 1 is 1.65 bits per heavy atom. The number of rotatable bonds is 5. The lowest BCUT2D eigenvalue weighted by Gasteiger charge is -2.11. The van der Waals surface area contributed by atoms with Crippen LogP contribution in [0.25, 0.3) is 0 Å². The van der Waals surface area contributed by atoms with Crippen LogP contribution in [0, 0.1) is 16.0 Å². The minimum atomic E-state index is -0.554. The molecule has 17 heavy (non-hydrogen) atoms. The molecule has 0 N–H and O–H groups in total. The highest BCUT2D eigenvalue weighted by Crippen LogP contribution is 2.19. The Labute approximate surface area is 99.3 Å². The molecule has 0 fully saturated rings. The fraction of sp³-hybridized carbons (Fsp3) is 0.545. The summed E-state index contributed by atoms with van der Waals surface area (Å²) in [5.41, 5.74) is 0.133. The maximum Gasteiger partial charge on any atom is 0.354 e. The summed E-state index contributed by atoms with van der Waals surface area (Å²) in [7, 11) is 1.26.